The van der Waals surface area contributed by atoms with Gasteiger partial charge in [-0.3, -0.25) is 9.59 Å². The largest absolute Gasteiger partial charge is 0.341 e. The Morgan fingerprint density at radius 3 is 2.81 bits per heavy atom. The lowest BCUT2D eigenvalue weighted by Crippen LogP contribution is -2.42. The lowest BCUT2D eigenvalue weighted by Gasteiger charge is -2.29. The van der Waals surface area contributed by atoms with Crippen LogP contribution in [0.3, 0.4) is 0 Å². The minimum atomic E-state index is -0.102. The molecule has 1 aromatic carbocycles. The molecule has 7 heteroatoms. The molecule has 160 valence electrons. The standard InChI is InChI=1S/C24H27N5O2/c1-27-20-9-5-8-18(23(27)30)14-29(15-20)24(31)19-12-21-22(25-13-19)28(16-26-21)11-10-17-6-3-2-4-7-17/h2-4,6-7,12-13,16,18,20H,5,8-11,14-15H2,1H3/t18-,20+/m1/s1. The third-order valence-corrected chi connectivity index (χ3v) is 6.68. The van der Waals surface area contributed by atoms with Crippen LogP contribution in [-0.4, -0.2) is 62.3 Å². The lowest BCUT2D eigenvalue weighted by atomic mass is 9.99. The second-order valence-electron chi connectivity index (χ2n) is 8.68. The Hall–Kier alpha value is -3.22. The van der Waals surface area contributed by atoms with Gasteiger partial charge in [-0.15, -0.1) is 0 Å². The number of hydrogen-bond donors (Lipinski definition) is 0. The van der Waals surface area contributed by atoms with Crippen molar-refractivity contribution in [3.05, 3.63) is 60.0 Å². The number of carbonyl (C=O) groups excluding carboxylic acids is 2. The van der Waals surface area contributed by atoms with Crippen LogP contribution < -0.4 is 0 Å². The van der Waals surface area contributed by atoms with E-state index in [1.807, 2.05) is 45.7 Å². The molecular weight excluding hydrogens is 390 g/mol. The number of amides is 2. The van der Waals surface area contributed by atoms with E-state index in [-0.39, 0.29) is 23.8 Å². The minimum absolute atomic E-state index is 0.0618. The van der Waals surface area contributed by atoms with Crippen molar-refractivity contribution in [3.8, 4) is 0 Å². The number of likely N-dealkylation sites (tertiary alicyclic amines) is 1. The zero-order chi connectivity index (χ0) is 21.4. The van der Waals surface area contributed by atoms with Gasteiger partial charge in [-0.1, -0.05) is 36.8 Å². The molecular formula is C24H27N5O2. The number of aromatic nitrogens is 3. The molecule has 2 aliphatic rings. The molecule has 3 aromatic rings. The number of imidazole rings is 1. The van der Waals surface area contributed by atoms with Crippen LogP contribution in [0.2, 0.25) is 0 Å². The summed E-state index contributed by atoms with van der Waals surface area (Å²) in [6.07, 6.45) is 7.18. The summed E-state index contributed by atoms with van der Waals surface area (Å²) in [5, 5.41) is 0. The van der Waals surface area contributed by atoms with E-state index in [9.17, 15) is 9.59 Å². The fourth-order valence-corrected chi connectivity index (χ4v) is 4.84. The number of nitrogens with zero attached hydrogens (tertiary/aromatic N) is 5. The molecule has 0 N–H and O–H groups in total. The maximum Gasteiger partial charge on any atom is 0.255 e. The predicted octanol–water partition coefficient (Wildman–Crippen LogP) is 2.76. The third-order valence-electron chi connectivity index (χ3n) is 6.68. The highest BCUT2D eigenvalue weighted by molar-refractivity contribution is 5.97. The predicted molar refractivity (Wildman–Crippen MR) is 117 cm³/mol. The minimum Gasteiger partial charge on any atom is -0.341 e. The summed E-state index contributed by atoms with van der Waals surface area (Å²) in [7, 11) is 1.87. The zero-order valence-electron chi connectivity index (χ0n) is 17.8. The molecule has 5 rings (SSSR count). The van der Waals surface area contributed by atoms with Gasteiger partial charge in [0, 0.05) is 38.9 Å². The zero-order valence-corrected chi connectivity index (χ0v) is 17.8. The summed E-state index contributed by atoms with van der Waals surface area (Å²) in [4.78, 5) is 38.7. The second-order valence-corrected chi connectivity index (χ2v) is 8.68. The first-order chi connectivity index (χ1) is 15.1. The van der Waals surface area contributed by atoms with Crippen molar-refractivity contribution in [2.45, 2.75) is 38.3 Å². The van der Waals surface area contributed by atoms with E-state index in [4.69, 9.17) is 0 Å². The van der Waals surface area contributed by atoms with Gasteiger partial charge in [-0.2, -0.15) is 0 Å². The van der Waals surface area contributed by atoms with Gasteiger partial charge in [-0.25, -0.2) is 9.97 Å². The molecule has 0 saturated carbocycles. The molecule has 2 aliphatic heterocycles. The Balaban J connectivity index is 1.34. The molecule has 2 bridgehead atoms. The Labute approximate surface area is 181 Å². The van der Waals surface area contributed by atoms with Crippen LogP contribution in [0.25, 0.3) is 11.2 Å². The molecule has 2 saturated heterocycles. The van der Waals surface area contributed by atoms with Crippen LogP contribution in [-0.2, 0) is 17.8 Å². The molecule has 4 heterocycles. The summed E-state index contributed by atoms with van der Waals surface area (Å²) in [5.41, 5.74) is 3.32. The van der Waals surface area contributed by atoms with Crippen molar-refractivity contribution in [1.29, 1.82) is 0 Å². The first-order valence-electron chi connectivity index (χ1n) is 11.0. The number of likely N-dealkylation sites (N-methyl/N-ethyl adjacent to an activating group) is 1. The van der Waals surface area contributed by atoms with Crippen LogP contribution in [0.15, 0.2) is 48.9 Å². The SMILES string of the molecule is CN1C(=O)[C@@H]2CCC[C@H]1CN(C(=O)c1cnc3c(c1)ncn3CCc1ccccc1)C2. The Morgan fingerprint density at radius 1 is 1.13 bits per heavy atom. The van der Waals surface area contributed by atoms with Crippen molar-refractivity contribution in [2.24, 2.45) is 5.92 Å². The molecule has 31 heavy (non-hydrogen) atoms. The van der Waals surface area contributed by atoms with Gasteiger partial charge in [0.2, 0.25) is 5.91 Å². The van der Waals surface area contributed by atoms with E-state index >= 15 is 0 Å². The van der Waals surface area contributed by atoms with Crippen molar-refractivity contribution in [2.75, 3.05) is 20.1 Å². The smallest absolute Gasteiger partial charge is 0.255 e. The van der Waals surface area contributed by atoms with Crippen molar-refractivity contribution in [1.82, 2.24) is 24.3 Å². The van der Waals surface area contributed by atoms with Crippen LogP contribution in [0, 0.1) is 5.92 Å². The van der Waals surface area contributed by atoms with Gasteiger partial charge < -0.3 is 14.4 Å². The second kappa shape index (κ2) is 8.13. The van der Waals surface area contributed by atoms with Gasteiger partial charge in [0.15, 0.2) is 5.65 Å². The molecule has 0 radical (unpaired) electrons. The first-order valence-corrected chi connectivity index (χ1v) is 11.0. The molecule has 0 spiro atoms. The van der Waals surface area contributed by atoms with Crippen LogP contribution in [0.4, 0.5) is 0 Å². The van der Waals surface area contributed by atoms with Crippen molar-refractivity contribution in [3.63, 3.8) is 0 Å². The number of fused-ring (bicyclic) bond motifs is 4. The van der Waals surface area contributed by atoms with Crippen molar-refractivity contribution < 1.29 is 9.59 Å². The third kappa shape index (κ3) is 3.80. The summed E-state index contributed by atoms with van der Waals surface area (Å²) in [6.45, 7) is 1.86. The molecule has 2 atom stereocenters. The molecule has 2 amide bonds. The van der Waals surface area contributed by atoms with Gasteiger partial charge in [0.05, 0.1) is 17.8 Å². The Kier molecular flexibility index (Phi) is 5.18. The fourth-order valence-electron chi connectivity index (χ4n) is 4.84. The highest BCUT2D eigenvalue weighted by atomic mass is 16.2. The van der Waals surface area contributed by atoms with Gasteiger partial charge >= 0.3 is 0 Å². The van der Waals surface area contributed by atoms with E-state index in [0.717, 1.165) is 43.4 Å². The monoisotopic (exact) mass is 417 g/mol. The summed E-state index contributed by atoms with van der Waals surface area (Å²) in [5.74, 6) is 0.00658. The number of pyridine rings is 1. The highest BCUT2D eigenvalue weighted by Crippen LogP contribution is 2.28. The fraction of sp³-hybridized carbons (Fsp3) is 0.417. The van der Waals surface area contributed by atoms with Gasteiger partial charge in [0.1, 0.15) is 5.52 Å². The number of rotatable bonds is 4. The van der Waals surface area contributed by atoms with E-state index in [2.05, 4.69) is 22.1 Å². The van der Waals surface area contributed by atoms with Crippen LogP contribution in [0.5, 0.6) is 0 Å². The topological polar surface area (TPSA) is 71.3 Å². The maximum absolute atomic E-state index is 13.3. The summed E-state index contributed by atoms with van der Waals surface area (Å²) < 4.78 is 2.03. The van der Waals surface area contributed by atoms with E-state index in [1.165, 1.54) is 5.56 Å². The number of benzene rings is 1. The van der Waals surface area contributed by atoms with E-state index < -0.39 is 0 Å². The maximum atomic E-state index is 13.3. The van der Waals surface area contributed by atoms with E-state index in [1.54, 1.807) is 12.5 Å². The average Bonchev–Trinajstić information content (AvgIpc) is 3.08. The number of hydrogen-bond acceptors (Lipinski definition) is 4. The average molecular weight is 418 g/mol. The molecule has 0 aliphatic carbocycles. The first kappa shape index (κ1) is 19.7. The highest BCUT2D eigenvalue weighted by Gasteiger charge is 2.38. The quantitative estimate of drug-likeness (QED) is 0.654. The van der Waals surface area contributed by atoms with Crippen LogP contribution >= 0.6 is 0 Å². The Morgan fingerprint density at radius 2 is 1.97 bits per heavy atom. The van der Waals surface area contributed by atoms with Crippen molar-refractivity contribution >= 4 is 23.0 Å². The van der Waals surface area contributed by atoms with Gasteiger partial charge in [-0.05, 0) is 30.9 Å². The van der Waals surface area contributed by atoms with Crippen LogP contribution in [0.1, 0.15) is 35.2 Å². The molecule has 0 unspecified atom stereocenters. The normalized spacial score (nSPS) is 21.4. The molecule has 7 nitrogen and oxygen atoms in total. The Bertz CT molecular complexity index is 1110. The number of aryl methyl sites for hydroxylation is 2. The summed E-state index contributed by atoms with van der Waals surface area (Å²) >= 11 is 0. The summed E-state index contributed by atoms with van der Waals surface area (Å²) in [6, 6.07) is 12.2. The van der Waals surface area contributed by atoms with Gasteiger partial charge in [0.25, 0.3) is 5.91 Å². The lowest BCUT2D eigenvalue weighted by molar-refractivity contribution is -0.134. The number of carbonyl (C=O) groups is 2. The molecule has 2 fully saturated rings. The molecule has 2 aromatic heterocycles. The van der Waals surface area contributed by atoms with E-state index in [0.29, 0.717) is 18.7 Å².